The molecule has 118 valence electrons. The number of H-pyrrole nitrogens is 1. The maximum Gasteiger partial charge on any atom is 0.132 e. The molecule has 2 N–H and O–H groups in total. The summed E-state index contributed by atoms with van der Waals surface area (Å²) < 4.78 is 0. The van der Waals surface area contributed by atoms with Crippen molar-refractivity contribution in [2.75, 3.05) is 19.0 Å². The molecule has 0 aliphatic heterocycles. The van der Waals surface area contributed by atoms with Gasteiger partial charge in [0.1, 0.15) is 5.82 Å². The number of hydrogen-bond acceptors (Lipinski definition) is 3. The molecular formula is C19H22N4. The maximum absolute atomic E-state index is 4.47. The van der Waals surface area contributed by atoms with Gasteiger partial charge in [-0.05, 0) is 24.1 Å². The van der Waals surface area contributed by atoms with E-state index >= 15 is 0 Å². The molecule has 2 heterocycles. The molecule has 0 spiro atoms. The highest BCUT2D eigenvalue weighted by atomic mass is 15.1. The van der Waals surface area contributed by atoms with E-state index in [0.717, 1.165) is 25.2 Å². The Morgan fingerprint density at radius 3 is 2.91 bits per heavy atom. The third-order valence-electron chi connectivity index (χ3n) is 4.68. The zero-order valence-electron chi connectivity index (χ0n) is 13.6. The number of benzene rings is 1. The molecule has 0 saturated heterocycles. The van der Waals surface area contributed by atoms with Crippen LogP contribution in [0.15, 0.2) is 42.6 Å². The van der Waals surface area contributed by atoms with Gasteiger partial charge in [0, 0.05) is 61.5 Å². The lowest BCUT2D eigenvalue weighted by molar-refractivity contribution is 0.530. The first-order chi connectivity index (χ1) is 11.2. The molecule has 1 aliphatic carbocycles. The van der Waals surface area contributed by atoms with E-state index in [4.69, 9.17) is 0 Å². The number of fused-ring (bicyclic) bond motifs is 3. The Hall–Kier alpha value is -2.33. The minimum Gasteiger partial charge on any atom is -0.362 e. The summed E-state index contributed by atoms with van der Waals surface area (Å²) in [6, 6.07) is 13.3. The van der Waals surface area contributed by atoms with Crippen LogP contribution in [0.25, 0.3) is 10.9 Å². The number of anilines is 1. The number of nitrogens with one attached hydrogen (secondary N) is 2. The minimum absolute atomic E-state index is 0.496. The number of rotatable bonds is 4. The van der Waals surface area contributed by atoms with Crippen molar-refractivity contribution in [2.45, 2.75) is 25.4 Å². The van der Waals surface area contributed by atoms with E-state index in [9.17, 15) is 0 Å². The highest BCUT2D eigenvalue weighted by Crippen LogP contribution is 2.30. The molecule has 4 heteroatoms. The molecule has 3 aromatic rings. The second kappa shape index (κ2) is 5.70. The molecule has 2 aromatic heterocycles. The van der Waals surface area contributed by atoms with Crippen LogP contribution in [0.1, 0.15) is 16.8 Å². The van der Waals surface area contributed by atoms with Gasteiger partial charge >= 0.3 is 0 Å². The average molecular weight is 306 g/mol. The fourth-order valence-electron chi connectivity index (χ4n) is 3.60. The molecule has 4 rings (SSSR count). The average Bonchev–Trinajstić information content (AvgIpc) is 3.10. The van der Waals surface area contributed by atoms with Crippen LogP contribution in [-0.4, -0.2) is 30.1 Å². The predicted octanol–water partition coefficient (Wildman–Crippen LogP) is 2.89. The summed E-state index contributed by atoms with van der Waals surface area (Å²) in [5, 5.41) is 5.08. The number of aromatic nitrogens is 2. The summed E-state index contributed by atoms with van der Waals surface area (Å²) in [6.45, 7) is 0.855. The minimum atomic E-state index is 0.496. The van der Waals surface area contributed by atoms with E-state index in [1.165, 1.54) is 27.7 Å². The summed E-state index contributed by atoms with van der Waals surface area (Å²) in [5.41, 5.74) is 5.39. The van der Waals surface area contributed by atoms with Gasteiger partial charge in [-0.15, -0.1) is 0 Å². The van der Waals surface area contributed by atoms with Gasteiger partial charge in [-0.3, -0.25) is 0 Å². The van der Waals surface area contributed by atoms with Crippen LogP contribution in [-0.2, 0) is 19.4 Å². The van der Waals surface area contributed by atoms with Crippen LogP contribution in [0.5, 0.6) is 0 Å². The molecule has 1 aromatic carbocycles. The van der Waals surface area contributed by atoms with Crippen LogP contribution in [0.4, 0.5) is 5.82 Å². The van der Waals surface area contributed by atoms with Crippen LogP contribution in [0.3, 0.4) is 0 Å². The van der Waals surface area contributed by atoms with E-state index in [1.807, 2.05) is 26.4 Å². The van der Waals surface area contributed by atoms with Gasteiger partial charge in [-0.2, -0.15) is 0 Å². The lowest BCUT2D eigenvalue weighted by Crippen LogP contribution is -2.30. The SMILES string of the molecule is CN(C)c1ncccc1CNC1Cc2[nH]c3ccccc3c2C1. The summed E-state index contributed by atoms with van der Waals surface area (Å²) in [6.07, 6.45) is 4.02. The summed E-state index contributed by atoms with van der Waals surface area (Å²) in [7, 11) is 4.08. The molecule has 1 unspecified atom stereocenters. The smallest absolute Gasteiger partial charge is 0.132 e. The topological polar surface area (TPSA) is 44.0 Å². The van der Waals surface area contributed by atoms with E-state index < -0.39 is 0 Å². The van der Waals surface area contributed by atoms with E-state index in [1.54, 1.807) is 0 Å². The van der Waals surface area contributed by atoms with Crippen LogP contribution >= 0.6 is 0 Å². The van der Waals surface area contributed by atoms with E-state index in [0.29, 0.717) is 6.04 Å². The largest absolute Gasteiger partial charge is 0.362 e. The molecule has 23 heavy (non-hydrogen) atoms. The highest BCUT2D eigenvalue weighted by Gasteiger charge is 2.25. The molecule has 0 radical (unpaired) electrons. The van der Waals surface area contributed by atoms with Gasteiger partial charge in [-0.1, -0.05) is 24.3 Å². The van der Waals surface area contributed by atoms with Crippen molar-refractivity contribution in [3.63, 3.8) is 0 Å². The summed E-state index contributed by atoms with van der Waals surface area (Å²) in [4.78, 5) is 10.1. The molecule has 4 nitrogen and oxygen atoms in total. The number of nitrogens with zero attached hydrogens (tertiary/aromatic N) is 2. The molecule has 1 atom stereocenters. The highest BCUT2D eigenvalue weighted by molar-refractivity contribution is 5.85. The molecule has 0 saturated carbocycles. The van der Waals surface area contributed by atoms with Crippen LogP contribution in [0.2, 0.25) is 0 Å². The van der Waals surface area contributed by atoms with Crippen molar-refractivity contribution in [3.8, 4) is 0 Å². The van der Waals surface area contributed by atoms with Crippen molar-refractivity contribution in [3.05, 3.63) is 59.4 Å². The van der Waals surface area contributed by atoms with Gasteiger partial charge in [0.25, 0.3) is 0 Å². The Labute approximate surface area is 136 Å². The monoisotopic (exact) mass is 306 g/mol. The fourth-order valence-corrected chi connectivity index (χ4v) is 3.60. The Morgan fingerprint density at radius 1 is 1.17 bits per heavy atom. The number of hydrogen-bond donors (Lipinski definition) is 2. The lowest BCUT2D eigenvalue weighted by Gasteiger charge is -2.18. The van der Waals surface area contributed by atoms with Crippen molar-refractivity contribution >= 4 is 16.7 Å². The van der Waals surface area contributed by atoms with Crippen molar-refractivity contribution < 1.29 is 0 Å². The molecular weight excluding hydrogens is 284 g/mol. The van der Waals surface area contributed by atoms with Gasteiger partial charge in [0.2, 0.25) is 0 Å². The normalized spacial score (nSPS) is 16.7. The van der Waals surface area contributed by atoms with Crippen molar-refractivity contribution in [1.82, 2.24) is 15.3 Å². The first-order valence-electron chi connectivity index (χ1n) is 8.15. The molecule has 0 amide bonds. The van der Waals surface area contributed by atoms with Gasteiger partial charge in [0.05, 0.1) is 0 Å². The van der Waals surface area contributed by atoms with Crippen molar-refractivity contribution in [2.24, 2.45) is 0 Å². The third kappa shape index (κ3) is 2.59. The van der Waals surface area contributed by atoms with E-state index in [-0.39, 0.29) is 0 Å². The maximum atomic E-state index is 4.47. The quantitative estimate of drug-likeness (QED) is 0.779. The predicted molar refractivity (Wildman–Crippen MR) is 94.9 cm³/mol. The molecule has 1 aliphatic rings. The Balaban J connectivity index is 1.48. The zero-order chi connectivity index (χ0) is 15.8. The Kier molecular flexibility index (Phi) is 3.54. The summed E-state index contributed by atoms with van der Waals surface area (Å²) in [5.74, 6) is 1.04. The second-order valence-corrected chi connectivity index (χ2v) is 6.49. The van der Waals surface area contributed by atoms with Crippen molar-refractivity contribution in [1.29, 1.82) is 0 Å². The summed E-state index contributed by atoms with van der Waals surface area (Å²) >= 11 is 0. The van der Waals surface area contributed by atoms with E-state index in [2.05, 4.69) is 50.5 Å². The Bertz CT molecular complexity index is 834. The van der Waals surface area contributed by atoms with Gasteiger partial charge < -0.3 is 15.2 Å². The zero-order valence-corrected chi connectivity index (χ0v) is 13.6. The van der Waals surface area contributed by atoms with Gasteiger partial charge in [0.15, 0.2) is 0 Å². The number of pyridine rings is 1. The number of aromatic amines is 1. The lowest BCUT2D eigenvalue weighted by atomic mass is 10.1. The third-order valence-corrected chi connectivity index (χ3v) is 4.68. The first-order valence-corrected chi connectivity index (χ1v) is 8.15. The molecule has 0 fully saturated rings. The molecule has 0 bridgehead atoms. The van der Waals surface area contributed by atoms with Gasteiger partial charge in [-0.25, -0.2) is 4.98 Å². The standard InChI is InChI=1S/C19H22N4/c1-23(2)19-13(6-5-9-20-19)12-21-14-10-16-15-7-3-4-8-17(15)22-18(16)11-14/h3-9,14,21-22H,10-12H2,1-2H3. The second-order valence-electron chi connectivity index (χ2n) is 6.49. The van der Waals surface area contributed by atoms with Crippen LogP contribution < -0.4 is 10.2 Å². The van der Waals surface area contributed by atoms with Crippen LogP contribution in [0, 0.1) is 0 Å². The number of para-hydroxylation sites is 1. The fraction of sp³-hybridized carbons (Fsp3) is 0.316. The first kappa shape index (κ1) is 14.3. The Morgan fingerprint density at radius 2 is 2.04 bits per heavy atom.